The number of amides is 3. The van der Waals surface area contributed by atoms with Gasteiger partial charge in [0.15, 0.2) is 11.5 Å². The number of hydrogen-bond acceptors (Lipinski definition) is 4. The maximum atomic E-state index is 13.4. The van der Waals surface area contributed by atoms with Crippen LogP contribution in [0.1, 0.15) is 11.1 Å². The van der Waals surface area contributed by atoms with Gasteiger partial charge in [-0.25, -0.2) is 14.1 Å². The van der Waals surface area contributed by atoms with Gasteiger partial charge in [-0.3, -0.25) is 4.79 Å². The maximum Gasteiger partial charge on any atom is 0.333 e. The second-order valence-corrected chi connectivity index (χ2v) is 8.35. The van der Waals surface area contributed by atoms with Crippen LogP contribution in [0.5, 0.6) is 11.5 Å². The molecule has 1 heterocycles. The van der Waals surface area contributed by atoms with Gasteiger partial charge in [0.1, 0.15) is 18.1 Å². The summed E-state index contributed by atoms with van der Waals surface area (Å²) in [6, 6.07) is 15.4. The van der Waals surface area contributed by atoms with Crippen LogP contribution in [-0.2, 0) is 11.4 Å². The van der Waals surface area contributed by atoms with Crippen molar-refractivity contribution in [2.24, 2.45) is 0 Å². The van der Waals surface area contributed by atoms with E-state index in [1.165, 1.54) is 31.4 Å². The Morgan fingerprint density at radius 2 is 1.91 bits per heavy atom. The number of benzene rings is 3. The highest BCUT2D eigenvalue weighted by Gasteiger charge is 2.35. The van der Waals surface area contributed by atoms with E-state index < -0.39 is 11.9 Å². The van der Waals surface area contributed by atoms with Gasteiger partial charge in [0.25, 0.3) is 5.91 Å². The zero-order chi connectivity index (χ0) is 23.5. The van der Waals surface area contributed by atoms with Gasteiger partial charge in [-0.15, -0.1) is 0 Å². The molecule has 3 amide bonds. The predicted molar refractivity (Wildman–Crippen MR) is 127 cm³/mol. The minimum absolute atomic E-state index is 0.0994. The molecule has 0 aromatic heterocycles. The molecule has 0 radical (unpaired) electrons. The van der Waals surface area contributed by atoms with Gasteiger partial charge >= 0.3 is 6.03 Å². The first-order chi connectivity index (χ1) is 15.9. The second kappa shape index (κ2) is 9.64. The molecule has 1 saturated heterocycles. The normalized spacial score (nSPS) is 14.5. The molecule has 3 aromatic rings. The fourth-order valence-electron chi connectivity index (χ4n) is 3.30. The first-order valence-corrected chi connectivity index (χ1v) is 10.9. The van der Waals surface area contributed by atoms with Crippen molar-refractivity contribution in [1.29, 1.82) is 0 Å². The maximum absolute atomic E-state index is 13.4. The average molecular weight is 532 g/mol. The lowest BCUT2D eigenvalue weighted by Gasteiger charge is -2.14. The van der Waals surface area contributed by atoms with Crippen molar-refractivity contribution >= 4 is 51.2 Å². The Bertz CT molecular complexity index is 1280. The Balaban J connectivity index is 1.58. The molecular weight excluding hydrogens is 515 g/mol. The van der Waals surface area contributed by atoms with Crippen LogP contribution in [0, 0.1) is 5.82 Å². The number of nitrogens with one attached hydrogen (secondary N) is 1. The first-order valence-electron chi connectivity index (χ1n) is 9.73. The van der Waals surface area contributed by atoms with Gasteiger partial charge in [-0.05, 0) is 75.6 Å². The van der Waals surface area contributed by atoms with Crippen LogP contribution in [-0.4, -0.2) is 19.0 Å². The minimum Gasteiger partial charge on any atom is -0.493 e. The molecule has 6 nitrogen and oxygen atoms in total. The standard InChI is InChI=1S/C24H17BrClFN2O4/c1-32-21-11-15(9-19(25)22(21)33-13-14-4-2-6-17(27)8-14)10-20-23(30)29(24(31)28-20)18-7-3-5-16(26)12-18/h2-12H,13H2,1H3,(H,28,31)/b20-10+. The van der Waals surface area contributed by atoms with Crippen LogP contribution in [0.4, 0.5) is 14.9 Å². The number of hydrogen-bond donors (Lipinski definition) is 1. The highest BCUT2D eigenvalue weighted by molar-refractivity contribution is 9.10. The highest BCUT2D eigenvalue weighted by atomic mass is 79.9. The number of ether oxygens (including phenoxy) is 2. The Kier molecular flexibility index (Phi) is 6.67. The van der Waals surface area contributed by atoms with Crippen LogP contribution in [0.2, 0.25) is 5.02 Å². The Morgan fingerprint density at radius 1 is 1.12 bits per heavy atom. The number of nitrogens with zero attached hydrogens (tertiary/aromatic N) is 1. The largest absolute Gasteiger partial charge is 0.493 e. The molecule has 4 rings (SSSR count). The third kappa shape index (κ3) is 5.02. The summed E-state index contributed by atoms with van der Waals surface area (Å²) in [6.45, 7) is 0.135. The molecule has 0 aliphatic carbocycles. The highest BCUT2D eigenvalue weighted by Crippen LogP contribution is 2.38. The van der Waals surface area contributed by atoms with Crippen molar-refractivity contribution in [3.8, 4) is 11.5 Å². The summed E-state index contributed by atoms with van der Waals surface area (Å²) in [5, 5.41) is 2.99. The zero-order valence-electron chi connectivity index (χ0n) is 17.3. The van der Waals surface area contributed by atoms with E-state index in [1.54, 1.807) is 42.5 Å². The topological polar surface area (TPSA) is 67.9 Å². The molecule has 0 atom stereocenters. The molecule has 1 fully saturated rings. The Morgan fingerprint density at radius 3 is 2.64 bits per heavy atom. The second-order valence-electron chi connectivity index (χ2n) is 7.06. The molecule has 3 aromatic carbocycles. The van der Waals surface area contributed by atoms with Crippen molar-refractivity contribution in [2.75, 3.05) is 12.0 Å². The molecular formula is C24H17BrClFN2O4. The zero-order valence-corrected chi connectivity index (χ0v) is 19.6. The SMILES string of the molecule is COc1cc(/C=C2/NC(=O)N(c3cccc(Cl)c3)C2=O)cc(Br)c1OCc1cccc(F)c1. The Labute approximate surface area is 202 Å². The van der Waals surface area contributed by atoms with E-state index in [0.717, 1.165) is 4.90 Å². The van der Waals surface area contributed by atoms with Gasteiger partial charge in [-0.1, -0.05) is 29.8 Å². The van der Waals surface area contributed by atoms with E-state index in [-0.39, 0.29) is 18.1 Å². The summed E-state index contributed by atoms with van der Waals surface area (Å²) in [6.07, 6.45) is 1.54. The van der Waals surface area contributed by atoms with Crippen LogP contribution in [0.25, 0.3) is 6.08 Å². The van der Waals surface area contributed by atoms with Crippen molar-refractivity contribution in [3.05, 3.63) is 92.8 Å². The lowest BCUT2D eigenvalue weighted by atomic mass is 10.1. The summed E-state index contributed by atoms with van der Waals surface area (Å²) in [5.74, 6) is -0.0367. The number of carbonyl (C=O) groups is 2. The van der Waals surface area contributed by atoms with E-state index in [1.807, 2.05) is 0 Å². The molecule has 1 aliphatic heterocycles. The molecule has 9 heteroatoms. The summed E-state index contributed by atoms with van der Waals surface area (Å²) in [7, 11) is 1.48. The number of halogens is 3. The predicted octanol–water partition coefficient (Wildman–Crippen LogP) is 5.93. The number of carbonyl (C=O) groups excluding carboxylic acids is 2. The van der Waals surface area contributed by atoms with E-state index in [4.69, 9.17) is 21.1 Å². The summed E-state index contributed by atoms with van der Waals surface area (Å²) in [5.41, 5.74) is 1.72. The van der Waals surface area contributed by atoms with Crippen molar-refractivity contribution < 1.29 is 23.5 Å². The third-order valence-corrected chi connectivity index (χ3v) is 5.60. The van der Waals surface area contributed by atoms with Crippen molar-refractivity contribution in [1.82, 2.24) is 5.32 Å². The molecule has 0 spiro atoms. The number of methoxy groups -OCH3 is 1. The molecule has 1 aliphatic rings. The number of imide groups is 1. The minimum atomic E-state index is -0.574. The van der Waals surface area contributed by atoms with E-state index >= 15 is 0 Å². The quantitative estimate of drug-likeness (QED) is 0.316. The summed E-state index contributed by atoms with van der Waals surface area (Å²) < 4.78 is 25.3. The lowest BCUT2D eigenvalue weighted by molar-refractivity contribution is -0.113. The van der Waals surface area contributed by atoms with Crippen LogP contribution >= 0.6 is 27.5 Å². The summed E-state index contributed by atoms with van der Waals surface area (Å²) in [4.78, 5) is 26.3. The fraction of sp³-hybridized carbons (Fsp3) is 0.0833. The van der Waals surface area contributed by atoms with E-state index in [2.05, 4.69) is 21.2 Å². The number of urea groups is 1. The smallest absolute Gasteiger partial charge is 0.333 e. The third-order valence-electron chi connectivity index (χ3n) is 4.78. The molecule has 1 N–H and O–H groups in total. The average Bonchev–Trinajstić information content (AvgIpc) is 3.05. The molecule has 168 valence electrons. The van der Waals surface area contributed by atoms with Crippen LogP contribution in [0.3, 0.4) is 0 Å². The summed E-state index contributed by atoms with van der Waals surface area (Å²) >= 11 is 9.44. The van der Waals surface area contributed by atoms with E-state index in [0.29, 0.717) is 37.8 Å². The number of anilines is 1. The Hall–Kier alpha value is -3.36. The van der Waals surface area contributed by atoms with Crippen LogP contribution < -0.4 is 19.7 Å². The van der Waals surface area contributed by atoms with E-state index in [9.17, 15) is 14.0 Å². The van der Waals surface area contributed by atoms with Gasteiger partial charge in [0, 0.05) is 5.02 Å². The van der Waals surface area contributed by atoms with Gasteiger partial charge in [0.05, 0.1) is 17.3 Å². The first kappa shape index (κ1) is 22.8. The monoisotopic (exact) mass is 530 g/mol. The van der Waals surface area contributed by atoms with Crippen molar-refractivity contribution in [3.63, 3.8) is 0 Å². The van der Waals surface area contributed by atoms with Gasteiger partial charge in [-0.2, -0.15) is 0 Å². The molecule has 0 bridgehead atoms. The van der Waals surface area contributed by atoms with Crippen LogP contribution in [0.15, 0.2) is 70.8 Å². The van der Waals surface area contributed by atoms with Gasteiger partial charge in [0.2, 0.25) is 0 Å². The fourth-order valence-corrected chi connectivity index (χ4v) is 4.06. The van der Waals surface area contributed by atoms with Gasteiger partial charge < -0.3 is 14.8 Å². The lowest BCUT2D eigenvalue weighted by Crippen LogP contribution is -2.30. The van der Waals surface area contributed by atoms with Crippen molar-refractivity contribution in [2.45, 2.75) is 6.61 Å². The molecule has 33 heavy (non-hydrogen) atoms. The number of rotatable bonds is 6. The molecule has 0 saturated carbocycles. The molecule has 0 unspecified atom stereocenters.